The van der Waals surface area contributed by atoms with Crippen LogP contribution in [0.5, 0.6) is 0 Å². The number of unbranched alkanes of at least 4 members (excludes halogenated alkanes) is 1. The molecule has 0 bridgehead atoms. The third-order valence-corrected chi connectivity index (χ3v) is 7.15. The van der Waals surface area contributed by atoms with Gasteiger partial charge < -0.3 is 20.1 Å². The van der Waals surface area contributed by atoms with Crippen LogP contribution in [0.1, 0.15) is 63.0 Å². The van der Waals surface area contributed by atoms with Crippen LogP contribution in [0.4, 0.5) is 4.79 Å². The second-order valence-electron chi connectivity index (χ2n) is 9.34. The smallest absolute Gasteiger partial charge is 0.407 e. The molecule has 1 fully saturated rings. The van der Waals surface area contributed by atoms with E-state index in [0.717, 1.165) is 35.1 Å². The van der Waals surface area contributed by atoms with Crippen molar-refractivity contribution in [3.63, 3.8) is 0 Å². The van der Waals surface area contributed by atoms with Crippen molar-refractivity contribution in [1.82, 2.24) is 10.2 Å². The van der Waals surface area contributed by atoms with Crippen LogP contribution < -0.4 is 5.32 Å². The van der Waals surface area contributed by atoms with Crippen LogP contribution in [-0.2, 0) is 14.3 Å². The van der Waals surface area contributed by atoms with E-state index in [0.29, 0.717) is 25.8 Å². The molecule has 1 aliphatic heterocycles. The highest BCUT2D eigenvalue weighted by atomic mass is 16.5. The number of benzene rings is 2. The maximum atomic E-state index is 13.3. The first-order valence-corrected chi connectivity index (χ1v) is 12.0. The number of carbonyl (C=O) groups excluding carboxylic acids is 2. The zero-order valence-electron chi connectivity index (χ0n) is 19.8. The molecule has 180 valence electrons. The summed E-state index contributed by atoms with van der Waals surface area (Å²) in [6.45, 7) is 4.11. The van der Waals surface area contributed by atoms with Gasteiger partial charge >= 0.3 is 12.1 Å². The molecule has 0 spiro atoms. The lowest BCUT2D eigenvalue weighted by Gasteiger charge is -2.34. The molecule has 7 nitrogen and oxygen atoms in total. The number of carboxylic acid groups (broad SMARTS) is 1. The fourth-order valence-corrected chi connectivity index (χ4v) is 5.17. The largest absolute Gasteiger partial charge is 0.480 e. The lowest BCUT2D eigenvalue weighted by atomic mass is 9.98. The van der Waals surface area contributed by atoms with Crippen molar-refractivity contribution in [3.05, 3.63) is 59.7 Å². The fraction of sp³-hybridized carbons (Fsp3) is 0.444. The van der Waals surface area contributed by atoms with Crippen molar-refractivity contribution in [1.29, 1.82) is 0 Å². The van der Waals surface area contributed by atoms with E-state index in [9.17, 15) is 19.5 Å². The number of carbonyl (C=O) groups is 3. The van der Waals surface area contributed by atoms with Gasteiger partial charge in [0.1, 0.15) is 18.2 Å². The zero-order chi connectivity index (χ0) is 24.3. The Hall–Kier alpha value is -3.35. The van der Waals surface area contributed by atoms with E-state index in [1.54, 1.807) is 6.92 Å². The molecule has 7 heteroatoms. The number of hydrogen-bond acceptors (Lipinski definition) is 4. The minimum Gasteiger partial charge on any atom is -0.480 e. The van der Waals surface area contributed by atoms with Gasteiger partial charge in [-0.2, -0.15) is 0 Å². The Morgan fingerprint density at radius 2 is 1.74 bits per heavy atom. The molecule has 0 radical (unpaired) electrons. The number of likely N-dealkylation sites (tertiary alicyclic amines) is 1. The molecule has 34 heavy (non-hydrogen) atoms. The Morgan fingerprint density at radius 3 is 2.32 bits per heavy atom. The molecular weight excluding hydrogens is 432 g/mol. The fourth-order valence-electron chi connectivity index (χ4n) is 5.17. The quantitative estimate of drug-likeness (QED) is 0.598. The van der Waals surface area contributed by atoms with Crippen LogP contribution in [0, 0.1) is 0 Å². The molecule has 0 saturated carbocycles. The Labute approximate surface area is 200 Å². The highest BCUT2D eigenvalue weighted by Crippen LogP contribution is 2.44. The zero-order valence-corrected chi connectivity index (χ0v) is 19.8. The Bertz CT molecular complexity index is 1040. The van der Waals surface area contributed by atoms with Crippen LogP contribution in [0.3, 0.4) is 0 Å². The predicted molar refractivity (Wildman–Crippen MR) is 129 cm³/mol. The standard InChI is InChI=1S/C27H32N2O5/c1-3-4-14-23(24(30)29-16-9-15-27(29,2)25(31)32)28-26(33)34-17-22-20-12-7-5-10-18(20)19-11-6-8-13-21(19)22/h5-8,10-13,22-23H,3-4,9,14-17H2,1-2H3,(H,28,33)(H,31,32)/t23-,27-/m0/s1. The lowest BCUT2D eigenvalue weighted by Crippen LogP contribution is -2.57. The number of amides is 2. The van der Waals surface area contributed by atoms with E-state index < -0.39 is 23.6 Å². The van der Waals surface area contributed by atoms with Crippen LogP contribution in [0.2, 0.25) is 0 Å². The van der Waals surface area contributed by atoms with E-state index in [1.807, 2.05) is 31.2 Å². The lowest BCUT2D eigenvalue weighted by molar-refractivity contribution is -0.156. The number of carboxylic acids is 1. The summed E-state index contributed by atoms with van der Waals surface area (Å²) >= 11 is 0. The van der Waals surface area contributed by atoms with Crippen molar-refractivity contribution in [2.75, 3.05) is 13.2 Å². The first-order chi connectivity index (χ1) is 16.4. The first-order valence-electron chi connectivity index (χ1n) is 12.0. The van der Waals surface area contributed by atoms with Crippen molar-refractivity contribution in [2.24, 2.45) is 0 Å². The first kappa shape index (κ1) is 23.8. The molecule has 1 heterocycles. The SMILES string of the molecule is CCCC[C@H](NC(=O)OCC1c2ccccc2-c2ccccc21)C(=O)N1CCC[C@@]1(C)C(=O)O. The van der Waals surface area contributed by atoms with Crippen molar-refractivity contribution in [2.45, 2.75) is 63.5 Å². The van der Waals surface area contributed by atoms with E-state index in [1.165, 1.54) is 4.90 Å². The average Bonchev–Trinajstić information content (AvgIpc) is 3.39. The van der Waals surface area contributed by atoms with Crippen LogP contribution in [-0.4, -0.2) is 52.7 Å². The number of hydrogen-bond donors (Lipinski definition) is 2. The Morgan fingerprint density at radius 1 is 1.12 bits per heavy atom. The number of nitrogens with one attached hydrogen (secondary N) is 1. The molecule has 2 aromatic carbocycles. The third-order valence-electron chi connectivity index (χ3n) is 7.15. The number of ether oxygens (including phenoxy) is 1. The summed E-state index contributed by atoms with van der Waals surface area (Å²) in [6.07, 6.45) is 2.39. The van der Waals surface area contributed by atoms with E-state index in [4.69, 9.17) is 4.74 Å². The molecule has 2 N–H and O–H groups in total. The van der Waals surface area contributed by atoms with Crippen molar-refractivity contribution >= 4 is 18.0 Å². The second-order valence-corrected chi connectivity index (χ2v) is 9.34. The maximum Gasteiger partial charge on any atom is 0.407 e. The molecule has 2 aromatic rings. The number of rotatable bonds is 8. The molecule has 0 unspecified atom stereocenters. The maximum absolute atomic E-state index is 13.3. The van der Waals surface area contributed by atoms with Gasteiger partial charge in [0.05, 0.1) is 0 Å². The van der Waals surface area contributed by atoms with Gasteiger partial charge in [-0.15, -0.1) is 0 Å². The summed E-state index contributed by atoms with van der Waals surface area (Å²) < 4.78 is 5.63. The highest BCUT2D eigenvalue weighted by Gasteiger charge is 2.47. The summed E-state index contributed by atoms with van der Waals surface area (Å²) in [6, 6.07) is 15.4. The van der Waals surface area contributed by atoms with E-state index in [2.05, 4.69) is 29.6 Å². The van der Waals surface area contributed by atoms with Crippen molar-refractivity contribution < 1.29 is 24.2 Å². The molecule has 4 rings (SSSR count). The van der Waals surface area contributed by atoms with Gasteiger partial charge in [0.25, 0.3) is 0 Å². The highest BCUT2D eigenvalue weighted by molar-refractivity contribution is 5.91. The Kier molecular flexibility index (Phi) is 6.91. The molecule has 0 aromatic heterocycles. The predicted octanol–water partition coefficient (Wildman–Crippen LogP) is 4.55. The van der Waals surface area contributed by atoms with Crippen LogP contribution in [0.25, 0.3) is 11.1 Å². The molecule has 2 amide bonds. The van der Waals surface area contributed by atoms with E-state index >= 15 is 0 Å². The monoisotopic (exact) mass is 464 g/mol. The topological polar surface area (TPSA) is 95.9 Å². The van der Waals surface area contributed by atoms with Gasteiger partial charge in [0, 0.05) is 12.5 Å². The normalized spacial score (nSPS) is 19.9. The minimum absolute atomic E-state index is 0.0724. The second kappa shape index (κ2) is 9.87. The number of fused-ring (bicyclic) bond motifs is 3. The summed E-state index contributed by atoms with van der Waals surface area (Å²) in [5.41, 5.74) is 3.27. The summed E-state index contributed by atoms with van der Waals surface area (Å²) in [5.74, 6) is -1.45. The van der Waals surface area contributed by atoms with Crippen LogP contribution >= 0.6 is 0 Å². The molecule has 1 aliphatic carbocycles. The van der Waals surface area contributed by atoms with Gasteiger partial charge in [-0.3, -0.25) is 4.79 Å². The van der Waals surface area contributed by atoms with Gasteiger partial charge in [0.15, 0.2) is 0 Å². The van der Waals surface area contributed by atoms with Gasteiger partial charge in [-0.25, -0.2) is 9.59 Å². The summed E-state index contributed by atoms with van der Waals surface area (Å²) in [5, 5.41) is 12.4. The number of nitrogens with zero attached hydrogens (tertiary/aromatic N) is 1. The molecule has 2 atom stereocenters. The van der Waals surface area contributed by atoms with Gasteiger partial charge in [0.2, 0.25) is 5.91 Å². The van der Waals surface area contributed by atoms with Crippen molar-refractivity contribution in [3.8, 4) is 11.1 Å². The molecular formula is C27H32N2O5. The molecule has 2 aliphatic rings. The minimum atomic E-state index is -1.25. The Balaban J connectivity index is 1.45. The number of aliphatic carboxylic acids is 1. The van der Waals surface area contributed by atoms with Gasteiger partial charge in [-0.05, 0) is 48.4 Å². The third kappa shape index (κ3) is 4.39. The van der Waals surface area contributed by atoms with E-state index in [-0.39, 0.29) is 18.4 Å². The number of alkyl carbamates (subject to hydrolysis) is 1. The van der Waals surface area contributed by atoms with Gasteiger partial charge in [-0.1, -0.05) is 68.3 Å². The summed E-state index contributed by atoms with van der Waals surface area (Å²) in [7, 11) is 0. The molecule has 1 saturated heterocycles. The van der Waals surface area contributed by atoms with Crippen LogP contribution in [0.15, 0.2) is 48.5 Å². The average molecular weight is 465 g/mol. The summed E-state index contributed by atoms with van der Waals surface area (Å²) in [4.78, 5) is 39.3.